The molecule has 1 saturated heterocycles. The smallest absolute Gasteiger partial charge is 0.414 e. The second-order valence-electron chi connectivity index (χ2n) is 12.8. The highest BCUT2D eigenvalue weighted by atomic mass is 19.1. The van der Waals surface area contributed by atoms with Crippen molar-refractivity contribution in [2.45, 2.75) is 118 Å². The zero-order valence-corrected chi connectivity index (χ0v) is 26.4. The number of fused-ring (bicyclic) bond motifs is 1. The summed E-state index contributed by atoms with van der Waals surface area (Å²) in [5.41, 5.74) is 0.516. The van der Waals surface area contributed by atoms with Crippen LogP contribution in [0.3, 0.4) is 0 Å². The van der Waals surface area contributed by atoms with Crippen molar-refractivity contribution in [2.75, 3.05) is 11.4 Å². The van der Waals surface area contributed by atoms with E-state index in [0.29, 0.717) is 24.2 Å². The SMILES string of the molecule is CCN(C(=O)OC(C)(C)C)c1cc(/C=C/CC2OC(C)(C)OC2C/C(F)=C\[C@@H](C)C(C)O)c2c(c1)OC(C)(C)OC2=O. The Morgan fingerprint density at radius 1 is 1.12 bits per heavy atom. The van der Waals surface area contributed by atoms with Crippen LogP contribution >= 0.6 is 0 Å². The summed E-state index contributed by atoms with van der Waals surface area (Å²) in [6.07, 6.45) is 3.10. The number of rotatable bonds is 9. The summed E-state index contributed by atoms with van der Waals surface area (Å²) in [4.78, 5) is 27.5. The molecule has 0 radical (unpaired) electrons. The van der Waals surface area contributed by atoms with Crippen LogP contribution in [0.1, 0.15) is 98.0 Å². The van der Waals surface area contributed by atoms with Gasteiger partial charge in [-0.25, -0.2) is 14.0 Å². The fourth-order valence-corrected chi connectivity index (χ4v) is 4.80. The third-order valence-corrected chi connectivity index (χ3v) is 6.81. The van der Waals surface area contributed by atoms with Gasteiger partial charge in [-0.2, -0.15) is 0 Å². The average molecular weight is 592 g/mol. The summed E-state index contributed by atoms with van der Waals surface area (Å²) in [6, 6.07) is 3.34. The molecule has 1 aromatic carbocycles. The molecule has 42 heavy (non-hydrogen) atoms. The zero-order chi connectivity index (χ0) is 31.6. The number of cyclic esters (lactones) is 1. The molecule has 9 nitrogen and oxygen atoms in total. The van der Waals surface area contributed by atoms with E-state index in [1.165, 1.54) is 11.0 Å². The summed E-state index contributed by atoms with van der Waals surface area (Å²) in [7, 11) is 0. The average Bonchev–Trinajstić information content (AvgIpc) is 3.09. The Bertz CT molecular complexity index is 1210. The van der Waals surface area contributed by atoms with Crippen LogP contribution in [0.5, 0.6) is 5.75 Å². The molecule has 0 aromatic heterocycles. The molecule has 1 amide bonds. The van der Waals surface area contributed by atoms with Crippen LogP contribution in [0.2, 0.25) is 0 Å². The topological polar surface area (TPSA) is 104 Å². The number of hydrogen-bond donors (Lipinski definition) is 1. The van der Waals surface area contributed by atoms with E-state index < -0.39 is 47.5 Å². The van der Waals surface area contributed by atoms with Crippen molar-refractivity contribution in [2.24, 2.45) is 5.92 Å². The third-order valence-electron chi connectivity index (χ3n) is 6.81. The second kappa shape index (κ2) is 12.7. The molecular weight excluding hydrogens is 545 g/mol. The molecular formula is C32H46FNO8. The first kappa shape index (κ1) is 33.6. The van der Waals surface area contributed by atoms with Crippen LogP contribution in [-0.2, 0) is 18.9 Å². The van der Waals surface area contributed by atoms with Gasteiger partial charge in [0.25, 0.3) is 0 Å². The van der Waals surface area contributed by atoms with Gasteiger partial charge in [-0.15, -0.1) is 0 Å². The van der Waals surface area contributed by atoms with Gasteiger partial charge in [-0.3, -0.25) is 4.90 Å². The van der Waals surface area contributed by atoms with Gasteiger partial charge in [-0.05, 0) is 72.6 Å². The predicted octanol–water partition coefficient (Wildman–Crippen LogP) is 6.92. The fourth-order valence-electron chi connectivity index (χ4n) is 4.80. The molecule has 3 unspecified atom stereocenters. The predicted molar refractivity (Wildman–Crippen MR) is 158 cm³/mol. The Kier molecular flexibility index (Phi) is 10.2. The number of aliphatic hydroxyl groups is 1. The molecule has 1 fully saturated rings. The van der Waals surface area contributed by atoms with Gasteiger partial charge in [0, 0.05) is 38.8 Å². The van der Waals surface area contributed by atoms with Gasteiger partial charge >= 0.3 is 12.1 Å². The van der Waals surface area contributed by atoms with Gasteiger partial charge in [-0.1, -0.05) is 19.1 Å². The van der Waals surface area contributed by atoms with E-state index in [4.69, 9.17) is 23.7 Å². The fraction of sp³-hybridized carbons (Fsp3) is 0.625. The highest BCUT2D eigenvalue weighted by Gasteiger charge is 2.41. The highest BCUT2D eigenvalue weighted by Crippen LogP contribution is 2.39. The standard InChI is InChI=1S/C32H46FNO8/c1-11-34(29(37)42-30(4,5)6)23-16-21(27-26(18-23)40-32(9,10)41-28(27)36)13-12-14-24-25(39-31(7,8)38-24)17-22(33)15-19(2)20(3)35/h12-13,15-16,18-20,24-25,35H,11,14,17H2,1-10H3/b13-12+,22-15+/t19-,20?,24?,25?/m1/s1. The molecule has 2 aliphatic rings. The molecule has 0 saturated carbocycles. The first-order chi connectivity index (χ1) is 19.3. The number of carbonyl (C=O) groups excluding carboxylic acids is 2. The number of anilines is 1. The summed E-state index contributed by atoms with van der Waals surface area (Å²) in [5, 5.41) is 9.72. The summed E-state index contributed by atoms with van der Waals surface area (Å²) in [5.74, 6) is -3.08. The van der Waals surface area contributed by atoms with Crippen molar-refractivity contribution < 1.29 is 42.8 Å². The molecule has 1 N–H and O–H groups in total. The number of amides is 1. The maximum Gasteiger partial charge on any atom is 0.414 e. The van der Waals surface area contributed by atoms with Crippen molar-refractivity contribution in [3.63, 3.8) is 0 Å². The van der Waals surface area contributed by atoms with Gasteiger partial charge < -0.3 is 28.8 Å². The Hall–Kier alpha value is -2.95. The van der Waals surface area contributed by atoms with E-state index in [2.05, 4.69) is 0 Å². The van der Waals surface area contributed by atoms with E-state index in [-0.39, 0.29) is 29.5 Å². The molecule has 3 rings (SSSR count). The number of ether oxygens (including phenoxy) is 5. The van der Waals surface area contributed by atoms with Gasteiger partial charge in [0.1, 0.15) is 16.9 Å². The minimum atomic E-state index is -1.19. The zero-order valence-electron chi connectivity index (χ0n) is 26.4. The second-order valence-corrected chi connectivity index (χ2v) is 12.8. The van der Waals surface area contributed by atoms with Crippen LogP contribution in [0.25, 0.3) is 6.08 Å². The van der Waals surface area contributed by atoms with Gasteiger partial charge in [0.2, 0.25) is 5.79 Å². The first-order valence-electron chi connectivity index (χ1n) is 14.5. The van der Waals surface area contributed by atoms with E-state index in [1.54, 1.807) is 80.5 Å². The molecule has 1 aromatic rings. The Labute approximate surface area is 248 Å². The lowest BCUT2D eigenvalue weighted by molar-refractivity contribution is -0.146. The molecule has 234 valence electrons. The van der Waals surface area contributed by atoms with Crippen molar-refractivity contribution in [1.82, 2.24) is 0 Å². The van der Waals surface area contributed by atoms with Gasteiger partial charge in [0.15, 0.2) is 5.79 Å². The van der Waals surface area contributed by atoms with Crippen LogP contribution < -0.4 is 9.64 Å². The van der Waals surface area contributed by atoms with Crippen LogP contribution in [0.4, 0.5) is 14.9 Å². The van der Waals surface area contributed by atoms with Gasteiger partial charge in [0.05, 0.1) is 29.8 Å². The maximum absolute atomic E-state index is 14.8. The van der Waals surface area contributed by atoms with E-state index >= 15 is 0 Å². The lowest BCUT2D eigenvalue weighted by atomic mass is 10.00. The molecule has 0 bridgehead atoms. The van der Waals surface area contributed by atoms with Crippen LogP contribution in [-0.4, -0.2) is 59.2 Å². The largest absolute Gasteiger partial charge is 0.452 e. The number of halogens is 1. The van der Waals surface area contributed by atoms with Crippen molar-refractivity contribution >= 4 is 23.8 Å². The Balaban J connectivity index is 1.93. The van der Waals surface area contributed by atoms with E-state index in [9.17, 15) is 19.1 Å². The normalized spacial score (nSPS) is 23.1. The molecule has 2 heterocycles. The third kappa shape index (κ3) is 8.78. The lowest BCUT2D eigenvalue weighted by Crippen LogP contribution is -2.40. The first-order valence-corrected chi connectivity index (χ1v) is 14.5. The summed E-state index contributed by atoms with van der Waals surface area (Å²) in [6.45, 7) is 17.7. The number of carbonyl (C=O) groups is 2. The summed E-state index contributed by atoms with van der Waals surface area (Å²) < 4.78 is 43.9. The van der Waals surface area contributed by atoms with Crippen LogP contribution in [0, 0.1) is 5.92 Å². The highest BCUT2D eigenvalue weighted by molar-refractivity contribution is 6.00. The molecule has 10 heteroatoms. The Morgan fingerprint density at radius 2 is 1.76 bits per heavy atom. The number of benzene rings is 1. The van der Waals surface area contributed by atoms with Crippen molar-refractivity contribution in [3.05, 3.63) is 41.2 Å². The number of hydrogen-bond acceptors (Lipinski definition) is 8. The number of esters is 1. The number of aliphatic hydroxyl groups excluding tert-OH is 1. The molecule has 0 spiro atoms. The molecule has 4 atom stereocenters. The van der Waals surface area contributed by atoms with Crippen molar-refractivity contribution in [3.8, 4) is 5.75 Å². The minimum Gasteiger partial charge on any atom is -0.452 e. The van der Waals surface area contributed by atoms with Crippen LogP contribution in [0.15, 0.2) is 30.1 Å². The number of nitrogens with zero attached hydrogens (tertiary/aromatic N) is 1. The minimum absolute atomic E-state index is 0.000473. The van der Waals surface area contributed by atoms with Crippen molar-refractivity contribution in [1.29, 1.82) is 0 Å². The summed E-state index contributed by atoms with van der Waals surface area (Å²) >= 11 is 0. The Morgan fingerprint density at radius 3 is 2.36 bits per heavy atom. The monoisotopic (exact) mass is 591 g/mol. The lowest BCUT2D eigenvalue weighted by Gasteiger charge is -2.33. The molecule has 2 aliphatic heterocycles. The quantitative estimate of drug-likeness (QED) is 0.309. The van der Waals surface area contributed by atoms with E-state index in [0.717, 1.165) is 0 Å². The molecule has 0 aliphatic carbocycles. The van der Waals surface area contributed by atoms with E-state index in [1.807, 2.05) is 13.0 Å². The maximum atomic E-state index is 14.8.